The number of aromatic amines is 1. The third kappa shape index (κ3) is 1.82. The highest BCUT2D eigenvalue weighted by atomic mass is 16.1. The van der Waals surface area contributed by atoms with E-state index < -0.39 is 0 Å². The molecule has 21 heavy (non-hydrogen) atoms. The fourth-order valence-corrected chi connectivity index (χ4v) is 2.73. The molecule has 0 atom stereocenters. The van der Waals surface area contributed by atoms with Crippen LogP contribution in [0.25, 0.3) is 33.1 Å². The zero-order chi connectivity index (χ0) is 14.2. The van der Waals surface area contributed by atoms with E-state index in [1.54, 1.807) is 0 Å². The number of carbonyl (C=O) groups excluding carboxylic acids is 1. The van der Waals surface area contributed by atoms with Gasteiger partial charge in [-0.05, 0) is 12.1 Å². The predicted molar refractivity (Wildman–Crippen MR) is 84.4 cm³/mol. The first-order chi connectivity index (χ1) is 10.4. The number of aldehydes is 1. The highest BCUT2D eigenvalue weighted by molar-refractivity contribution is 6.12. The molecule has 3 nitrogen and oxygen atoms in total. The number of nitrogens with zero attached hydrogens (tertiary/aromatic N) is 1. The number of pyridine rings is 1. The Hall–Kier alpha value is -2.94. The van der Waals surface area contributed by atoms with Gasteiger partial charge >= 0.3 is 0 Å². The van der Waals surface area contributed by atoms with Crippen LogP contribution in [-0.2, 0) is 0 Å². The van der Waals surface area contributed by atoms with Crippen molar-refractivity contribution in [3.05, 3.63) is 66.4 Å². The fourth-order valence-electron chi connectivity index (χ4n) is 2.73. The van der Waals surface area contributed by atoms with Gasteiger partial charge in [0, 0.05) is 21.9 Å². The molecule has 0 unspecified atom stereocenters. The molecule has 0 aliphatic heterocycles. The Kier molecular flexibility index (Phi) is 2.57. The number of H-pyrrole nitrogens is 1. The molecule has 0 aliphatic rings. The van der Waals surface area contributed by atoms with Crippen molar-refractivity contribution in [2.45, 2.75) is 0 Å². The van der Waals surface area contributed by atoms with Crippen LogP contribution in [0.3, 0.4) is 0 Å². The number of carbonyl (C=O) groups is 1. The standard InChI is InChI=1S/C18H12N2O/c21-11-13-10-15-14-8-4-5-9-16(14)20-18(15)17(19-13)12-6-2-1-3-7-12/h1-11,20H. The summed E-state index contributed by atoms with van der Waals surface area (Å²) in [5, 5.41) is 2.14. The zero-order valence-corrected chi connectivity index (χ0v) is 11.2. The summed E-state index contributed by atoms with van der Waals surface area (Å²) < 4.78 is 0. The topological polar surface area (TPSA) is 45.8 Å². The van der Waals surface area contributed by atoms with Gasteiger partial charge < -0.3 is 4.98 Å². The number of benzene rings is 2. The van der Waals surface area contributed by atoms with Crippen LogP contribution in [0.15, 0.2) is 60.7 Å². The Balaban J connectivity index is 2.16. The van der Waals surface area contributed by atoms with Crippen molar-refractivity contribution in [1.82, 2.24) is 9.97 Å². The normalized spacial score (nSPS) is 11.0. The van der Waals surface area contributed by atoms with E-state index in [1.165, 1.54) is 0 Å². The number of fused-ring (bicyclic) bond motifs is 3. The van der Waals surface area contributed by atoms with Gasteiger partial charge in [0.05, 0.1) is 11.2 Å². The summed E-state index contributed by atoms with van der Waals surface area (Å²) in [6, 6.07) is 19.8. The maximum atomic E-state index is 11.2. The average molecular weight is 272 g/mol. The molecule has 2 aromatic carbocycles. The van der Waals surface area contributed by atoms with Crippen molar-refractivity contribution >= 4 is 28.1 Å². The Morgan fingerprint density at radius 2 is 1.67 bits per heavy atom. The van der Waals surface area contributed by atoms with E-state index in [2.05, 4.69) is 16.0 Å². The molecule has 0 amide bonds. The van der Waals surface area contributed by atoms with Gasteiger partial charge in [-0.3, -0.25) is 4.79 Å². The highest BCUT2D eigenvalue weighted by Gasteiger charge is 2.12. The molecule has 0 radical (unpaired) electrons. The maximum absolute atomic E-state index is 11.2. The summed E-state index contributed by atoms with van der Waals surface area (Å²) in [5.41, 5.74) is 4.28. The van der Waals surface area contributed by atoms with E-state index in [4.69, 9.17) is 0 Å². The van der Waals surface area contributed by atoms with E-state index >= 15 is 0 Å². The number of nitrogens with one attached hydrogen (secondary N) is 1. The van der Waals surface area contributed by atoms with Gasteiger partial charge in [-0.1, -0.05) is 48.5 Å². The van der Waals surface area contributed by atoms with Crippen LogP contribution in [0, 0.1) is 0 Å². The number of para-hydroxylation sites is 1. The first kappa shape index (κ1) is 11.9. The second-order valence-electron chi connectivity index (χ2n) is 4.97. The summed E-state index contributed by atoms with van der Waals surface area (Å²) in [5.74, 6) is 0. The lowest BCUT2D eigenvalue weighted by molar-refractivity contribution is 0.111. The van der Waals surface area contributed by atoms with Crippen molar-refractivity contribution in [3.63, 3.8) is 0 Å². The van der Waals surface area contributed by atoms with E-state index in [-0.39, 0.29) is 0 Å². The summed E-state index contributed by atoms with van der Waals surface area (Å²) in [6.45, 7) is 0. The molecule has 1 N–H and O–H groups in total. The van der Waals surface area contributed by atoms with Gasteiger partial charge in [-0.25, -0.2) is 4.98 Å². The number of hydrogen-bond acceptors (Lipinski definition) is 2. The smallest absolute Gasteiger partial charge is 0.168 e. The summed E-state index contributed by atoms with van der Waals surface area (Å²) in [6.07, 6.45) is 0.799. The van der Waals surface area contributed by atoms with Gasteiger partial charge in [-0.15, -0.1) is 0 Å². The van der Waals surface area contributed by atoms with Crippen LogP contribution in [0.2, 0.25) is 0 Å². The van der Waals surface area contributed by atoms with E-state index in [1.807, 2.05) is 54.6 Å². The molecule has 0 fully saturated rings. The number of hydrogen-bond donors (Lipinski definition) is 1. The monoisotopic (exact) mass is 272 g/mol. The Morgan fingerprint density at radius 1 is 0.905 bits per heavy atom. The molecule has 100 valence electrons. The molecule has 2 aromatic heterocycles. The zero-order valence-electron chi connectivity index (χ0n) is 11.2. The summed E-state index contributed by atoms with van der Waals surface area (Å²) in [7, 11) is 0. The molecule has 4 rings (SSSR count). The van der Waals surface area contributed by atoms with Crippen LogP contribution in [0.1, 0.15) is 10.5 Å². The van der Waals surface area contributed by atoms with Crippen molar-refractivity contribution in [1.29, 1.82) is 0 Å². The Morgan fingerprint density at radius 3 is 2.48 bits per heavy atom. The van der Waals surface area contributed by atoms with Crippen LogP contribution in [-0.4, -0.2) is 16.3 Å². The Bertz CT molecular complexity index is 955. The van der Waals surface area contributed by atoms with Crippen LogP contribution in [0.4, 0.5) is 0 Å². The minimum Gasteiger partial charge on any atom is -0.353 e. The van der Waals surface area contributed by atoms with Crippen LogP contribution >= 0.6 is 0 Å². The van der Waals surface area contributed by atoms with E-state index in [9.17, 15) is 4.79 Å². The fraction of sp³-hybridized carbons (Fsp3) is 0. The highest BCUT2D eigenvalue weighted by Crippen LogP contribution is 2.32. The molecule has 0 saturated heterocycles. The second kappa shape index (κ2) is 4.56. The van der Waals surface area contributed by atoms with E-state index in [0.29, 0.717) is 5.69 Å². The summed E-state index contributed by atoms with van der Waals surface area (Å²) >= 11 is 0. The Labute approximate surface area is 121 Å². The van der Waals surface area contributed by atoms with Crippen molar-refractivity contribution in [3.8, 4) is 11.3 Å². The van der Waals surface area contributed by atoms with Crippen LogP contribution < -0.4 is 0 Å². The minimum absolute atomic E-state index is 0.450. The molecular formula is C18H12N2O. The lowest BCUT2D eigenvalue weighted by Gasteiger charge is -2.04. The van der Waals surface area contributed by atoms with Crippen molar-refractivity contribution in [2.24, 2.45) is 0 Å². The van der Waals surface area contributed by atoms with Gasteiger partial charge in [0.15, 0.2) is 6.29 Å². The average Bonchev–Trinajstić information content (AvgIpc) is 2.93. The summed E-state index contributed by atoms with van der Waals surface area (Å²) in [4.78, 5) is 19.1. The van der Waals surface area contributed by atoms with Gasteiger partial charge in [0.1, 0.15) is 5.69 Å². The minimum atomic E-state index is 0.450. The van der Waals surface area contributed by atoms with Gasteiger partial charge in [-0.2, -0.15) is 0 Å². The molecule has 4 aromatic rings. The first-order valence-electron chi connectivity index (χ1n) is 6.79. The van der Waals surface area contributed by atoms with Crippen molar-refractivity contribution < 1.29 is 4.79 Å². The molecule has 2 heterocycles. The molecular weight excluding hydrogens is 260 g/mol. The predicted octanol–water partition coefficient (Wildman–Crippen LogP) is 4.20. The van der Waals surface area contributed by atoms with Gasteiger partial charge in [0.2, 0.25) is 0 Å². The number of aromatic nitrogens is 2. The molecule has 0 aliphatic carbocycles. The lowest BCUT2D eigenvalue weighted by atomic mass is 10.1. The maximum Gasteiger partial charge on any atom is 0.168 e. The van der Waals surface area contributed by atoms with Crippen LogP contribution in [0.5, 0.6) is 0 Å². The third-order valence-corrected chi connectivity index (χ3v) is 3.68. The molecule has 0 spiro atoms. The quantitative estimate of drug-likeness (QED) is 0.556. The third-order valence-electron chi connectivity index (χ3n) is 3.68. The SMILES string of the molecule is O=Cc1cc2c([nH]c3ccccc32)c(-c2ccccc2)n1. The largest absolute Gasteiger partial charge is 0.353 e. The lowest BCUT2D eigenvalue weighted by Crippen LogP contribution is -1.92. The number of rotatable bonds is 2. The van der Waals surface area contributed by atoms with Crippen molar-refractivity contribution in [2.75, 3.05) is 0 Å². The first-order valence-corrected chi connectivity index (χ1v) is 6.79. The molecule has 0 bridgehead atoms. The van der Waals surface area contributed by atoms with E-state index in [0.717, 1.165) is 39.3 Å². The molecule has 3 heteroatoms. The van der Waals surface area contributed by atoms with Gasteiger partial charge in [0.25, 0.3) is 0 Å². The molecule has 0 saturated carbocycles. The second-order valence-corrected chi connectivity index (χ2v) is 4.97.